The predicted molar refractivity (Wildman–Crippen MR) is 120 cm³/mol. The molecule has 4 rings (SSSR count). The smallest absolute Gasteiger partial charge is 0.248 e. The van der Waals surface area contributed by atoms with E-state index >= 15 is 0 Å². The Hall–Kier alpha value is -3.23. The van der Waals surface area contributed by atoms with Crippen LogP contribution in [0.15, 0.2) is 48.8 Å². The fourth-order valence-corrected chi connectivity index (χ4v) is 3.20. The number of rotatable bonds is 8. The van der Waals surface area contributed by atoms with Gasteiger partial charge < -0.3 is 20.7 Å². The molecule has 0 unspecified atom stereocenters. The van der Waals surface area contributed by atoms with Crippen LogP contribution in [0.2, 0.25) is 5.02 Å². The van der Waals surface area contributed by atoms with Gasteiger partial charge in [-0.15, -0.1) is 0 Å². The highest BCUT2D eigenvalue weighted by molar-refractivity contribution is 6.31. The average molecular weight is 442 g/mol. The van der Waals surface area contributed by atoms with Gasteiger partial charge in [0.15, 0.2) is 0 Å². The number of carbonyl (C=O) groups excluding carboxylic acids is 1. The Morgan fingerprint density at radius 3 is 2.87 bits per heavy atom. The van der Waals surface area contributed by atoms with Gasteiger partial charge in [-0.25, -0.2) is 14.4 Å². The van der Waals surface area contributed by atoms with Gasteiger partial charge in [0.2, 0.25) is 5.91 Å². The summed E-state index contributed by atoms with van der Waals surface area (Å²) in [7, 11) is 1.52. The standard InChI is InChI=1S/C22H21ClFN5O2/c1-31-20-11-18-15(10-19(20)29-21(30)3-2-8-25-13-4-5-13)22(27-12-26-18)28-14-6-7-17(24)16(23)9-14/h2-3,6-7,9-13,25H,4-5,8H2,1H3,(H,29,30)(H,26,27,28)/b3-2+. The molecule has 1 aliphatic carbocycles. The van der Waals surface area contributed by atoms with Gasteiger partial charge in [-0.1, -0.05) is 17.7 Å². The van der Waals surface area contributed by atoms with Crippen LogP contribution < -0.4 is 20.7 Å². The van der Waals surface area contributed by atoms with E-state index in [0.29, 0.717) is 46.4 Å². The Morgan fingerprint density at radius 1 is 1.29 bits per heavy atom. The maximum absolute atomic E-state index is 13.5. The number of hydrogen-bond acceptors (Lipinski definition) is 6. The van der Waals surface area contributed by atoms with Gasteiger partial charge in [-0.3, -0.25) is 4.79 Å². The topological polar surface area (TPSA) is 88.2 Å². The van der Waals surface area contributed by atoms with E-state index in [2.05, 4.69) is 25.9 Å². The number of amides is 1. The fourth-order valence-electron chi connectivity index (χ4n) is 3.02. The van der Waals surface area contributed by atoms with Gasteiger partial charge in [0.25, 0.3) is 0 Å². The molecule has 1 heterocycles. The number of methoxy groups -OCH3 is 1. The summed E-state index contributed by atoms with van der Waals surface area (Å²) in [5, 5.41) is 9.91. The second-order valence-corrected chi connectivity index (χ2v) is 7.53. The molecule has 1 aliphatic rings. The number of nitrogens with zero attached hydrogens (tertiary/aromatic N) is 2. The lowest BCUT2D eigenvalue weighted by Crippen LogP contribution is -2.16. The quantitative estimate of drug-likeness (QED) is 0.448. The van der Waals surface area contributed by atoms with Gasteiger partial charge in [0.05, 0.1) is 23.3 Å². The lowest BCUT2D eigenvalue weighted by Gasteiger charge is -2.13. The molecule has 1 aromatic heterocycles. The molecule has 0 saturated heterocycles. The molecule has 1 saturated carbocycles. The molecule has 1 fully saturated rings. The molecule has 7 nitrogen and oxygen atoms in total. The Balaban J connectivity index is 1.58. The second kappa shape index (κ2) is 9.28. The monoisotopic (exact) mass is 441 g/mol. The lowest BCUT2D eigenvalue weighted by molar-refractivity contribution is -0.111. The zero-order chi connectivity index (χ0) is 21.8. The van der Waals surface area contributed by atoms with E-state index in [0.717, 1.165) is 0 Å². The van der Waals surface area contributed by atoms with Gasteiger partial charge >= 0.3 is 0 Å². The number of nitrogens with one attached hydrogen (secondary N) is 3. The maximum atomic E-state index is 13.5. The summed E-state index contributed by atoms with van der Waals surface area (Å²) in [6, 6.07) is 8.33. The van der Waals surface area contributed by atoms with E-state index in [1.165, 1.54) is 44.5 Å². The lowest BCUT2D eigenvalue weighted by atomic mass is 10.1. The number of halogens is 2. The number of aromatic nitrogens is 2. The molecular formula is C22H21ClFN5O2. The SMILES string of the molecule is COc1cc2ncnc(Nc3ccc(F)c(Cl)c3)c2cc1NC(=O)/C=C/CNC1CC1. The van der Waals surface area contributed by atoms with E-state index in [1.807, 2.05) is 0 Å². The van der Waals surface area contributed by atoms with Crippen molar-refractivity contribution in [2.75, 3.05) is 24.3 Å². The van der Waals surface area contributed by atoms with Crippen molar-refractivity contribution in [2.45, 2.75) is 18.9 Å². The summed E-state index contributed by atoms with van der Waals surface area (Å²) in [6.07, 6.45) is 7.06. The molecule has 0 spiro atoms. The Kier molecular flexibility index (Phi) is 6.29. The molecule has 31 heavy (non-hydrogen) atoms. The summed E-state index contributed by atoms with van der Waals surface area (Å²) in [5.41, 5.74) is 1.67. The fraction of sp³-hybridized carbons (Fsp3) is 0.227. The number of carbonyl (C=O) groups is 1. The highest BCUT2D eigenvalue weighted by atomic mass is 35.5. The van der Waals surface area contributed by atoms with Crippen molar-refractivity contribution >= 4 is 45.6 Å². The largest absolute Gasteiger partial charge is 0.494 e. The van der Waals surface area contributed by atoms with Crippen LogP contribution in [-0.2, 0) is 4.79 Å². The third kappa shape index (κ3) is 5.28. The molecule has 2 aromatic carbocycles. The molecule has 1 amide bonds. The highest BCUT2D eigenvalue weighted by Gasteiger charge is 2.19. The third-order valence-corrected chi connectivity index (χ3v) is 5.06. The zero-order valence-corrected chi connectivity index (χ0v) is 17.5. The van der Waals surface area contributed by atoms with Crippen molar-refractivity contribution in [1.29, 1.82) is 0 Å². The number of ether oxygens (including phenoxy) is 1. The molecule has 0 aliphatic heterocycles. The first-order chi connectivity index (χ1) is 15.0. The van der Waals surface area contributed by atoms with Gasteiger partial charge in [-0.2, -0.15) is 0 Å². The van der Waals surface area contributed by atoms with Crippen molar-refractivity contribution in [2.24, 2.45) is 0 Å². The summed E-state index contributed by atoms with van der Waals surface area (Å²) >= 11 is 5.87. The van der Waals surface area contributed by atoms with Gasteiger partial charge in [0.1, 0.15) is 23.7 Å². The average Bonchev–Trinajstić information content (AvgIpc) is 3.58. The van der Waals surface area contributed by atoms with Gasteiger partial charge in [-0.05, 0) is 37.1 Å². The first-order valence-electron chi connectivity index (χ1n) is 9.79. The Labute approximate surface area is 183 Å². The van der Waals surface area contributed by atoms with Crippen molar-refractivity contribution in [3.8, 4) is 5.75 Å². The van der Waals surface area contributed by atoms with E-state index in [9.17, 15) is 9.18 Å². The normalized spacial score (nSPS) is 13.5. The first-order valence-corrected chi connectivity index (χ1v) is 10.2. The minimum Gasteiger partial charge on any atom is -0.494 e. The first kappa shape index (κ1) is 21.0. The number of anilines is 3. The number of hydrogen-bond donors (Lipinski definition) is 3. The van der Waals surface area contributed by atoms with E-state index in [-0.39, 0.29) is 10.9 Å². The maximum Gasteiger partial charge on any atom is 0.248 e. The van der Waals surface area contributed by atoms with Crippen LogP contribution in [0.5, 0.6) is 5.75 Å². The van der Waals surface area contributed by atoms with Crippen molar-refractivity contribution in [3.63, 3.8) is 0 Å². The molecule has 3 aromatic rings. The predicted octanol–water partition coefficient (Wildman–Crippen LogP) is 4.42. The number of benzene rings is 2. The van der Waals surface area contributed by atoms with Crippen molar-refractivity contribution in [1.82, 2.24) is 15.3 Å². The van der Waals surface area contributed by atoms with Crippen LogP contribution in [0, 0.1) is 5.82 Å². The van der Waals surface area contributed by atoms with Crippen LogP contribution in [0.3, 0.4) is 0 Å². The minimum absolute atomic E-state index is 0.000876. The molecule has 9 heteroatoms. The minimum atomic E-state index is -0.505. The van der Waals surface area contributed by atoms with Crippen molar-refractivity contribution < 1.29 is 13.9 Å². The summed E-state index contributed by atoms with van der Waals surface area (Å²) in [4.78, 5) is 20.9. The van der Waals surface area contributed by atoms with E-state index in [4.69, 9.17) is 16.3 Å². The van der Waals surface area contributed by atoms with Crippen LogP contribution in [0.25, 0.3) is 10.9 Å². The molecule has 0 radical (unpaired) electrons. The Morgan fingerprint density at radius 2 is 2.13 bits per heavy atom. The van der Waals surface area contributed by atoms with E-state index in [1.54, 1.807) is 24.3 Å². The molecule has 0 atom stereocenters. The van der Waals surface area contributed by atoms with E-state index < -0.39 is 5.82 Å². The van der Waals surface area contributed by atoms with Crippen LogP contribution in [-0.4, -0.2) is 35.6 Å². The van der Waals surface area contributed by atoms with Crippen LogP contribution >= 0.6 is 11.6 Å². The van der Waals surface area contributed by atoms with Crippen LogP contribution in [0.4, 0.5) is 21.6 Å². The molecule has 0 bridgehead atoms. The molecule has 3 N–H and O–H groups in total. The summed E-state index contributed by atoms with van der Waals surface area (Å²) in [5.74, 6) is 0.177. The second-order valence-electron chi connectivity index (χ2n) is 7.12. The summed E-state index contributed by atoms with van der Waals surface area (Å²) in [6.45, 7) is 0.648. The summed E-state index contributed by atoms with van der Waals surface area (Å²) < 4.78 is 18.9. The number of fused-ring (bicyclic) bond motifs is 1. The highest BCUT2D eigenvalue weighted by Crippen LogP contribution is 2.33. The molecular weight excluding hydrogens is 421 g/mol. The zero-order valence-electron chi connectivity index (χ0n) is 16.8. The van der Waals surface area contributed by atoms with Crippen molar-refractivity contribution in [3.05, 3.63) is 59.7 Å². The molecule has 160 valence electrons. The third-order valence-electron chi connectivity index (χ3n) is 4.77. The Bertz CT molecular complexity index is 1150. The van der Waals surface area contributed by atoms with Crippen LogP contribution in [0.1, 0.15) is 12.8 Å². The van der Waals surface area contributed by atoms with Gasteiger partial charge in [0, 0.05) is 35.8 Å².